The van der Waals surface area contributed by atoms with Gasteiger partial charge in [0, 0.05) is 12.4 Å². The molecule has 0 saturated heterocycles. The summed E-state index contributed by atoms with van der Waals surface area (Å²) < 4.78 is 0. The smallest absolute Gasteiger partial charge is 0.250 e. The van der Waals surface area contributed by atoms with Crippen LogP contribution in [-0.2, 0) is 0 Å². The molecule has 0 aliphatic heterocycles. The van der Waals surface area contributed by atoms with Gasteiger partial charge in [0.25, 0.3) is 0 Å². The first kappa shape index (κ1) is 12.6. The summed E-state index contributed by atoms with van der Waals surface area (Å²) in [4.78, 5) is 14.1. The lowest BCUT2D eigenvalue weighted by Gasteiger charge is -1.88. The number of nitrogens with two attached hydrogens (primary N) is 2. The third-order valence-corrected chi connectivity index (χ3v) is 1.50. The first-order valence-corrected chi connectivity index (χ1v) is 4.62. The molecule has 0 spiro atoms. The van der Waals surface area contributed by atoms with Gasteiger partial charge in [-0.1, -0.05) is 13.3 Å². The van der Waals surface area contributed by atoms with Crippen LogP contribution in [0.1, 0.15) is 30.1 Å². The number of primary amides is 1. The summed E-state index contributed by atoms with van der Waals surface area (Å²) in [5.74, 6) is -0.442. The molecule has 78 valence electrons. The zero-order valence-electron chi connectivity index (χ0n) is 8.44. The Morgan fingerprint density at radius 3 is 2.50 bits per heavy atom. The van der Waals surface area contributed by atoms with Crippen LogP contribution in [0.15, 0.2) is 24.5 Å². The number of amides is 1. The predicted molar refractivity (Wildman–Crippen MR) is 56.7 cm³/mol. The third kappa shape index (κ3) is 6.14. The van der Waals surface area contributed by atoms with Crippen molar-refractivity contribution in [2.45, 2.75) is 19.8 Å². The lowest BCUT2D eigenvalue weighted by molar-refractivity contribution is 0.1000. The summed E-state index contributed by atoms with van der Waals surface area (Å²) in [6, 6.07) is 3.29. The van der Waals surface area contributed by atoms with E-state index in [1.165, 1.54) is 19.0 Å². The highest BCUT2D eigenvalue weighted by Crippen LogP contribution is 1.91. The van der Waals surface area contributed by atoms with Crippen molar-refractivity contribution in [1.82, 2.24) is 4.98 Å². The van der Waals surface area contributed by atoms with Crippen LogP contribution in [0.2, 0.25) is 0 Å². The molecule has 4 heteroatoms. The molecule has 14 heavy (non-hydrogen) atoms. The summed E-state index contributed by atoms with van der Waals surface area (Å²) in [7, 11) is 0. The Balaban J connectivity index is 0.000000292. The van der Waals surface area contributed by atoms with Gasteiger partial charge in [-0.15, -0.1) is 0 Å². The monoisotopic (exact) mass is 195 g/mol. The van der Waals surface area contributed by atoms with Crippen LogP contribution in [0.25, 0.3) is 0 Å². The van der Waals surface area contributed by atoms with E-state index in [0.29, 0.717) is 5.56 Å². The minimum Gasteiger partial charge on any atom is -0.366 e. The lowest BCUT2D eigenvalue weighted by atomic mass is 10.3. The van der Waals surface area contributed by atoms with Crippen molar-refractivity contribution in [3.63, 3.8) is 0 Å². The van der Waals surface area contributed by atoms with Crippen molar-refractivity contribution in [3.05, 3.63) is 30.1 Å². The van der Waals surface area contributed by atoms with Crippen LogP contribution in [0.3, 0.4) is 0 Å². The van der Waals surface area contributed by atoms with Gasteiger partial charge in [0.1, 0.15) is 0 Å². The van der Waals surface area contributed by atoms with Crippen LogP contribution in [0, 0.1) is 0 Å². The van der Waals surface area contributed by atoms with E-state index in [9.17, 15) is 4.79 Å². The van der Waals surface area contributed by atoms with Crippen LogP contribution >= 0.6 is 0 Å². The summed E-state index contributed by atoms with van der Waals surface area (Å²) in [5.41, 5.74) is 10.5. The van der Waals surface area contributed by atoms with Crippen molar-refractivity contribution in [2.24, 2.45) is 11.5 Å². The number of rotatable bonds is 3. The highest BCUT2D eigenvalue weighted by molar-refractivity contribution is 5.92. The lowest BCUT2D eigenvalue weighted by Crippen LogP contribution is -2.10. The Hall–Kier alpha value is -1.42. The van der Waals surface area contributed by atoms with Gasteiger partial charge in [-0.05, 0) is 25.1 Å². The standard InChI is InChI=1S/C6H6N2O.C4H11N/c7-6(9)5-2-1-3-8-4-5;1-2-3-4-5/h1-4H,(H2,7,9);2-5H2,1H3. The zero-order chi connectivity index (χ0) is 10.8. The Bertz CT molecular complexity index is 247. The van der Waals surface area contributed by atoms with Gasteiger partial charge in [0.2, 0.25) is 5.91 Å². The van der Waals surface area contributed by atoms with Crippen molar-refractivity contribution >= 4 is 5.91 Å². The number of carbonyl (C=O) groups is 1. The quantitative estimate of drug-likeness (QED) is 0.752. The average Bonchev–Trinajstić information content (AvgIpc) is 2.21. The van der Waals surface area contributed by atoms with Gasteiger partial charge in [-0.2, -0.15) is 0 Å². The maximum Gasteiger partial charge on any atom is 0.250 e. The number of hydrogen-bond donors (Lipinski definition) is 2. The van der Waals surface area contributed by atoms with Gasteiger partial charge in [0.05, 0.1) is 5.56 Å². The molecule has 1 heterocycles. The van der Waals surface area contributed by atoms with E-state index >= 15 is 0 Å². The molecule has 4 nitrogen and oxygen atoms in total. The van der Waals surface area contributed by atoms with Crippen LogP contribution < -0.4 is 11.5 Å². The molecule has 0 atom stereocenters. The van der Waals surface area contributed by atoms with Crippen LogP contribution in [0.5, 0.6) is 0 Å². The van der Waals surface area contributed by atoms with Crippen molar-refractivity contribution in [2.75, 3.05) is 6.54 Å². The number of hydrogen-bond acceptors (Lipinski definition) is 3. The largest absolute Gasteiger partial charge is 0.366 e. The van der Waals surface area contributed by atoms with Gasteiger partial charge in [-0.3, -0.25) is 9.78 Å². The Kier molecular flexibility index (Phi) is 7.36. The van der Waals surface area contributed by atoms with E-state index in [4.69, 9.17) is 11.5 Å². The fraction of sp³-hybridized carbons (Fsp3) is 0.400. The molecule has 0 saturated carbocycles. The normalized spacial score (nSPS) is 8.71. The zero-order valence-corrected chi connectivity index (χ0v) is 8.44. The summed E-state index contributed by atoms with van der Waals surface area (Å²) in [6.07, 6.45) is 5.41. The van der Waals surface area contributed by atoms with E-state index in [1.807, 2.05) is 0 Å². The minimum atomic E-state index is -0.442. The maximum absolute atomic E-state index is 10.4. The van der Waals surface area contributed by atoms with Crippen molar-refractivity contribution in [3.8, 4) is 0 Å². The number of unbranched alkanes of at least 4 members (excludes halogenated alkanes) is 1. The summed E-state index contributed by atoms with van der Waals surface area (Å²) in [6.45, 7) is 2.98. The van der Waals surface area contributed by atoms with E-state index in [-0.39, 0.29) is 0 Å². The molecule has 0 radical (unpaired) electrons. The molecule has 1 aromatic rings. The number of aromatic nitrogens is 1. The Morgan fingerprint density at radius 1 is 1.57 bits per heavy atom. The number of nitrogens with zero attached hydrogens (tertiary/aromatic N) is 1. The molecule has 0 unspecified atom stereocenters. The fourth-order valence-electron chi connectivity index (χ4n) is 0.713. The first-order valence-electron chi connectivity index (χ1n) is 4.62. The highest BCUT2D eigenvalue weighted by Gasteiger charge is 1.94. The molecule has 1 rings (SSSR count). The van der Waals surface area contributed by atoms with Gasteiger partial charge in [0.15, 0.2) is 0 Å². The topological polar surface area (TPSA) is 82.0 Å². The van der Waals surface area contributed by atoms with Crippen molar-refractivity contribution in [1.29, 1.82) is 0 Å². The van der Waals surface area contributed by atoms with Gasteiger partial charge in [-0.25, -0.2) is 0 Å². The average molecular weight is 195 g/mol. The number of carbonyl (C=O) groups excluding carboxylic acids is 1. The molecular weight excluding hydrogens is 178 g/mol. The van der Waals surface area contributed by atoms with Crippen LogP contribution in [0.4, 0.5) is 0 Å². The minimum absolute atomic E-state index is 0.442. The number of pyridine rings is 1. The molecule has 0 aromatic carbocycles. The van der Waals surface area contributed by atoms with Crippen molar-refractivity contribution < 1.29 is 4.79 Å². The second kappa shape index (κ2) is 8.19. The van der Waals surface area contributed by atoms with E-state index in [1.54, 1.807) is 18.3 Å². The Labute approximate surface area is 84.3 Å². The molecule has 0 bridgehead atoms. The first-order chi connectivity index (χ1) is 6.72. The van der Waals surface area contributed by atoms with E-state index < -0.39 is 5.91 Å². The summed E-state index contributed by atoms with van der Waals surface area (Å²) >= 11 is 0. The second-order valence-electron chi connectivity index (χ2n) is 2.75. The third-order valence-electron chi connectivity index (χ3n) is 1.50. The molecule has 0 aliphatic rings. The maximum atomic E-state index is 10.4. The predicted octanol–water partition coefficient (Wildman–Crippen LogP) is 0.926. The van der Waals surface area contributed by atoms with Gasteiger partial charge < -0.3 is 11.5 Å². The Morgan fingerprint density at radius 2 is 2.29 bits per heavy atom. The summed E-state index contributed by atoms with van der Waals surface area (Å²) in [5, 5.41) is 0. The fourth-order valence-corrected chi connectivity index (χ4v) is 0.713. The molecule has 1 aromatic heterocycles. The van der Waals surface area contributed by atoms with E-state index in [0.717, 1.165) is 6.54 Å². The molecular formula is C10H17N3O. The molecule has 0 fully saturated rings. The van der Waals surface area contributed by atoms with E-state index in [2.05, 4.69) is 11.9 Å². The van der Waals surface area contributed by atoms with Gasteiger partial charge >= 0.3 is 0 Å². The molecule has 0 aliphatic carbocycles. The highest BCUT2D eigenvalue weighted by atomic mass is 16.1. The molecule has 4 N–H and O–H groups in total. The second-order valence-corrected chi connectivity index (χ2v) is 2.75. The molecule has 1 amide bonds. The SMILES string of the molecule is CCCCN.NC(=O)c1cccnc1. The van der Waals surface area contributed by atoms with Crippen LogP contribution in [-0.4, -0.2) is 17.4 Å².